The maximum atomic E-state index is 12.3. The van der Waals surface area contributed by atoms with Crippen LogP contribution in [0.5, 0.6) is 0 Å². The van der Waals surface area contributed by atoms with Gasteiger partial charge in [-0.2, -0.15) is 5.10 Å². The van der Waals surface area contributed by atoms with E-state index >= 15 is 0 Å². The quantitative estimate of drug-likeness (QED) is 0.687. The molecule has 0 aliphatic carbocycles. The van der Waals surface area contributed by atoms with Crippen molar-refractivity contribution in [3.05, 3.63) is 83.0 Å². The summed E-state index contributed by atoms with van der Waals surface area (Å²) in [6.45, 7) is 0.578. The number of nitrogens with one attached hydrogen (secondary N) is 1. The average molecular weight is 393 g/mol. The van der Waals surface area contributed by atoms with Gasteiger partial charge in [0.25, 0.3) is 0 Å². The summed E-state index contributed by atoms with van der Waals surface area (Å²) in [5.74, 6) is 0.660. The molecule has 6 nitrogen and oxygen atoms in total. The maximum Gasteiger partial charge on any atom is 0.337 e. The molecule has 0 bridgehead atoms. The van der Waals surface area contributed by atoms with Gasteiger partial charge in [-0.05, 0) is 23.3 Å². The molecule has 0 saturated heterocycles. The monoisotopic (exact) mass is 393 g/mol. The van der Waals surface area contributed by atoms with Crippen molar-refractivity contribution in [3.8, 4) is 0 Å². The summed E-state index contributed by atoms with van der Waals surface area (Å²) < 4.78 is 6.58. The third-order valence-electron chi connectivity index (χ3n) is 4.60. The number of aromatic nitrogens is 2. The summed E-state index contributed by atoms with van der Waals surface area (Å²) in [6, 6.07) is 17.3. The summed E-state index contributed by atoms with van der Waals surface area (Å²) in [5.41, 5.74) is 3.57. The van der Waals surface area contributed by atoms with Crippen LogP contribution < -0.4 is 5.32 Å². The highest BCUT2D eigenvalue weighted by Gasteiger charge is 2.27. The molecule has 1 aromatic heterocycles. The van der Waals surface area contributed by atoms with Gasteiger partial charge in [-0.3, -0.25) is 4.79 Å². The molecule has 1 N–H and O–H groups in total. The Hall–Kier alpha value is -3.06. The van der Waals surface area contributed by atoms with Crippen molar-refractivity contribution >= 4 is 29.5 Å². The van der Waals surface area contributed by atoms with Gasteiger partial charge >= 0.3 is 5.97 Å². The molecule has 1 aliphatic heterocycles. The first-order valence-electron chi connectivity index (χ1n) is 8.85. The number of methoxy groups -OCH3 is 1. The predicted molar refractivity (Wildman–Crippen MR) is 108 cm³/mol. The smallest absolute Gasteiger partial charge is 0.337 e. The minimum atomic E-state index is -0.367. The summed E-state index contributed by atoms with van der Waals surface area (Å²) in [5, 5.41) is 7.46. The molecule has 0 radical (unpaired) electrons. The fourth-order valence-corrected chi connectivity index (χ4v) is 4.30. The van der Waals surface area contributed by atoms with Crippen LogP contribution in [0.2, 0.25) is 0 Å². The van der Waals surface area contributed by atoms with Crippen LogP contribution in [0.4, 0.5) is 5.82 Å². The van der Waals surface area contributed by atoms with Crippen molar-refractivity contribution in [1.82, 2.24) is 9.78 Å². The number of carbonyl (C=O) groups excluding carboxylic acids is 2. The van der Waals surface area contributed by atoms with Crippen molar-refractivity contribution in [2.24, 2.45) is 0 Å². The normalized spacial score (nSPS) is 16.0. The Kier molecular flexibility index (Phi) is 5.16. The van der Waals surface area contributed by atoms with E-state index in [1.165, 1.54) is 7.11 Å². The van der Waals surface area contributed by atoms with Gasteiger partial charge in [0.2, 0.25) is 5.91 Å². The van der Waals surface area contributed by atoms with E-state index in [2.05, 4.69) is 10.4 Å². The van der Waals surface area contributed by atoms with Crippen LogP contribution >= 0.6 is 11.8 Å². The molecule has 0 saturated carbocycles. The van der Waals surface area contributed by atoms with E-state index in [4.69, 9.17) is 4.74 Å². The zero-order chi connectivity index (χ0) is 19.5. The lowest BCUT2D eigenvalue weighted by atomic mass is 10.0. The zero-order valence-corrected chi connectivity index (χ0v) is 16.1. The SMILES string of the molecule is COC(=O)c1ccc([C@H]2SCC(=O)Nc3c2cnn3Cc2ccccc2)cc1. The fraction of sp³-hybridized carbons (Fsp3) is 0.190. The summed E-state index contributed by atoms with van der Waals surface area (Å²) >= 11 is 1.55. The molecule has 1 aliphatic rings. The Labute approximate surface area is 166 Å². The predicted octanol–water partition coefficient (Wildman–Crippen LogP) is 3.49. The molecule has 1 atom stereocenters. The van der Waals surface area contributed by atoms with E-state index in [1.807, 2.05) is 53.3 Å². The van der Waals surface area contributed by atoms with Crippen molar-refractivity contribution in [2.75, 3.05) is 18.2 Å². The van der Waals surface area contributed by atoms with Crippen molar-refractivity contribution in [1.29, 1.82) is 0 Å². The van der Waals surface area contributed by atoms with E-state index in [1.54, 1.807) is 23.9 Å². The highest BCUT2D eigenvalue weighted by Crippen LogP contribution is 2.41. The van der Waals surface area contributed by atoms with Crippen LogP contribution in [-0.2, 0) is 16.1 Å². The van der Waals surface area contributed by atoms with Gasteiger partial charge in [-0.1, -0.05) is 42.5 Å². The zero-order valence-electron chi connectivity index (χ0n) is 15.3. The van der Waals surface area contributed by atoms with Gasteiger partial charge in [-0.25, -0.2) is 9.48 Å². The van der Waals surface area contributed by atoms with E-state index < -0.39 is 0 Å². The van der Waals surface area contributed by atoms with Crippen LogP contribution in [0.25, 0.3) is 0 Å². The standard InChI is InChI=1S/C21H19N3O3S/c1-27-21(26)16-9-7-15(8-10-16)19-17-11-22-24(12-14-5-3-2-4-6-14)20(17)23-18(25)13-28-19/h2-11,19H,12-13H2,1H3,(H,23,25)/t19-/m1/s1. The lowest BCUT2D eigenvalue weighted by Gasteiger charge is -2.15. The molecule has 0 fully saturated rings. The van der Waals surface area contributed by atoms with Gasteiger partial charge in [0, 0.05) is 5.56 Å². The van der Waals surface area contributed by atoms with E-state index in [9.17, 15) is 9.59 Å². The Morgan fingerprint density at radius 2 is 1.96 bits per heavy atom. The third kappa shape index (κ3) is 3.66. The number of thioether (sulfide) groups is 1. The number of esters is 1. The first-order chi connectivity index (χ1) is 13.7. The second kappa shape index (κ2) is 7.90. The first kappa shape index (κ1) is 18.3. The van der Waals surface area contributed by atoms with Gasteiger partial charge in [-0.15, -0.1) is 11.8 Å². The van der Waals surface area contributed by atoms with Gasteiger partial charge in [0.15, 0.2) is 0 Å². The number of hydrogen-bond donors (Lipinski definition) is 1. The lowest BCUT2D eigenvalue weighted by Crippen LogP contribution is -2.16. The molecule has 7 heteroatoms. The molecule has 2 heterocycles. The molecular formula is C21H19N3O3S. The molecule has 3 aromatic rings. The van der Waals surface area contributed by atoms with Crippen LogP contribution in [-0.4, -0.2) is 34.5 Å². The third-order valence-corrected chi connectivity index (χ3v) is 5.89. The Morgan fingerprint density at radius 1 is 1.21 bits per heavy atom. The van der Waals surface area contributed by atoms with Crippen LogP contribution in [0.1, 0.15) is 32.3 Å². The highest BCUT2D eigenvalue weighted by atomic mass is 32.2. The maximum absolute atomic E-state index is 12.3. The Balaban J connectivity index is 1.68. The molecule has 1 amide bonds. The van der Waals surface area contributed by atoms with Crippen molar-refractivity contribution in [3.63, 3.8) is 0 Å². The van der Waals surface area contributed by atoms with E-state index in [0.29, 0.717) is 17.9 Å². The number of hydrogen-bond acceptors (Lipinski definition) is 5. The molecule has 4 rings (SSSR count). The van der Waals surface area contributed by atoms with Crippen molar-refractivity contribution in [2.45, 2.75) is 11.8 Å². The second-order valence-electron chi connectivity index (χ2n) is 6.44. The number of ether oxygens (including phenoxy) is 1. The number of rotatable bonds is 4. The van der Waals surface area contributed by atoms with E-state index in [-0.39, 0.29) is 17.1 Å². The highest BCUT2D eigenvalue weighted by molar-refractivity contribution is 8.00. The minimum absolute atomic E-state index is 0.0465. The summed E-state index contributed by atoms with van der Waals surface area (Å²) in [6.07, 6.45) is 1.82. The van der Waals surface area contributed by atoms with Crippen LogP contribution in [0, 0.1) is 0 Å². The molecule has 142 valence electrons. The average Bonchev–Trinajstić information content (AvgIpc) is 3.02. The summed E-state index contributed by atoms with van der Waals surface area (Å²) in [4.78, 5) is 24.0. The topological polar surface area (TPSA) is 73.2 Å². The van der Waals surface area contributed by atoms with E-state index in [0.717, 1.165) is 22.5 Å². The van der Waals surface area contributed by atoms with Crippen molar-refractivity contribution < 1.29 is 14.3 Å². The molecule has 28 heavy (non-hydrogen) atoms. The van der Waals surface area contributed by atoms with Gasteiger partial charge in [0.05, 0.1) is 36.4 Å². The van der Waals surface area contributed by atoms with Crippen LogP contribution in [0.15, 0.2) is 60.8 Å². The molecule has 0 unspecified atom stereocenters. The number of carbonyl (C=O) groups is 2. The minimum Gasteiger partial charge on any atom is -0.465 e. The van der Waals surface area contributed by atoms with Gasteiger partial charge < -0.3 is 10.1 Å². The first-order valence-corrected chi connectivity index (χ1v) is 9.90. The number of fused-ring (bicyclic) bond motifs is 1. The fourth-order valence-electron chi connectivity index (χ4n) is 3.21. The number of anilines is 1. The Bertz CT molecular complexity index is 999. The largest absolute Gasteiger partial charge is 0.465 e. The Morgan fingerprint density at radius 3 is 2.68 bits per heavy atom. The number of nitrogens with zero attached hydrogens (tertiary/aromatic N) is 2. The lowest BCUT2D eigenvalue weighted by molar-refractivity contribution is -0.113. The number of amides is 1. The molecular weight excluding hydrogens is 374 g/mol. The molecule has 2 aromatic carbocycles. The van der Waals surface area contributed by atoms with Crippen LogP contribution in [0.3, 0.4) is 0 Å². The van der Waals surface area contributed by atoms with Gasteiger partial charge in [0.1, 0.15) is 5.82 Å². The second-order valence-corrected chi connectivity index (χ2v) is 7.54. The summed E-state index contributed by atoms with van der Waals surface area (Å²) in [7, 11) is 1.36. The number of benzene rings is 2. The molecule has 0 spiro atoms.